The maximum Gasteiger partial charge on any atom is 0.272 e. The first kappa shape index (κ1) is 29.6. The predicted octanol–water partition coefficient (Wildman–Crippen LogP) is 6.46. The summed E-state index contributed by atoms with van der Waals surface area (Å²) >= 11 is 2.76. The molecule has 0 bridgehead atoms. The van der Waals surface area contributed by atoms with Crippen LogP contribution >= 0.6 is 23.1 Å². The molecule has 10 heteroatoms. The Bertz CT molecular complexity index is 1510. The van der Waals surface area contributed by atoms with Gasteiger partial charge in [-0.3, -0.25) is 14.4 Å². The van der Waals surface area contributed by atoms with Crippen LogP contribution in [0.5, 0.6) is 5.75 Å². The lowest BCUT2D eigenvalue weighted by atomic mass is 10.1. The highest BCUT2D eigenvalue weighted by molar-refractivity contribution is 8.00. The van der Waals surface area contributed by atoms with E-state index in [4.69, 9.17) is 4.74 Å². The molecule has 0 aliphatic carbocycles. The number of anilines is 2. The average molecular weight is 587 g/mol. The standard InChI is InChI=1S/C31H30N4O4S2/c1-3-27(30(38)35-31-32-17-18-40-31)41-24-15-10-14-23(20-24)33-29(37)25(34-28(36)21-11-6-5-7-12-21)19-22-13-8-9-16-26(22)39-4-2/h5-20,27H,3-4H2,1-2H3,(H,33,37)(H,34,36)(H,32,35,38)/b25-19+. The van der Waals surface area contributed by atoms with Crippen molar-refractivity contribution in [2.24, 2.45) is 0 Å². The van der Waals surface area contributed by atoms with Crippen molar-refractivity contribution < 1.29 is 19.1 Å². The number of carbonyl (C=O) groups is 3. The number of thioether (sulfide) groups is 1. The Kier molecular flexibility index (Phi) is 10.7. The van der Waals surface area contributed by atoms with Gasteiger partial charge in [-0.15, -0.1) is 23.1 Å². The fourth-order valence-electron chi connectivity index (χ4n) is 3.79. The van der Waals surface area contributed by atoms with Gasteiger partial charge in [0.2, 0.25) is 5.91 Å². The molecule has 1 heterocycles. The van der Waals surface area contributed by atoms with E-state index < -0.39 is 11.8 Å². The van der Waals surface area contributed by atoms with E-state index in [0.717, 1.165) is 4.90 Å². The number of nitrogens with one attached hydrogen (secondary N) is 3. The van der Waals surface area contributed by atoms with Crippen LogP contribution in [0.25, 0.3) is 6.08 Å². The first-order chi connectivity index (χ1) is 20.0. The SMILES string of the molecule is CCOc1ccccc1/C=C(/NC(=O)c1ccccc1)C(=O)Nc1cccc(SC(CC)C(=O)Nc2nccs2)c1. The third-order valence-electron chi connectivity index (χ3n) is 5.74. The summed E-state index contributed by atoms with van der Waals surface area (Å²) in [5.41, 5.74) is 1.64. The summed E-state index contributed by atoms with van der Waals surface area (Å²) in [5, 5.41) is 10.5. The molecule has 210 valence electrons. The molecule has 0 aliphatic heterocycles. The van der Waals surface area contributed by atoms with Crippen LogP contribution in [0, 0.1) is 0 Å². The first-order valence-electron chi connectivity index (χ1n) is 13.0. The maximum atomic E-state index is 13.5. The predicted molar refractivity (Wildman–Crippen MR) is 165 cm³/mol. The first-order valence-corrected chi connectivity index (χ1v) is 14.8. The Morgan fingerprint density at radius 3 is 2.49 bits per heavy atom. The van der Waals surface area contributed by atoms with Gasteiger partial charge in [-0.05, 0) is 55.8 Å². The lowest BCUT2D eigenvalue weighted by Crippen LogP contribution is -2.30. The zero-order valence-corrected chi connectivity index (χ0v) is 24.3. The molecule has 1 atom stereocenters. The number of aromatic nitrogens is 1. The van der Waals surface area contributed by atoms with E-state index in [-0.39, 0.29) is 16.9 Å². The van der Waals surface area contributed by atoms with Gasteiger partial charge < -0.3 is 20.7 Å². The van der Waals surface area contributed by atoms with Gasteiger partial charge in [0, 0.05) is 33.3 Å². The highest BCUT2D eigenvalue weighted by Crippen LogP contribution is 2.29. The minimum absolute atomic E-state index is 0.0540. The second kappa shape index (κ2) is 14.8. The molecule has 0 saturated heterocycles. The van der Waals surface area contributed by atoms with Gasteiger partial charge in [0.25, 0.3) is 11.8 Å². The number of carbonyl (C=O) groups excluding carboxylic acids is 3. The number of rotatable bonds is 12. The number of amides is 3. The Morgan fingerprint density at radius 2 is 1.76 bits per heavy atom. The van der Waals surface area contributed by atoms with Crippen molar-refractivity contribution in [2.75, 3.05) is 17.2 Å². The van der Waals surface area contributed by atoms with Crippen molar-refractivity contribution in [3.05, 3.63) is 107 Å². The molecule has 3 aromatic carbocycles. The van der Waals surface area contributed by atoms with Crippen LogP contribution in [0.4, 0.5) is 10.8 Å². The second-order valence-electron chi connectivity index (χ2n) is 8.67. The molecule has 0 fully saturated rings. The van der Waals surface area contributed by atoms with Gasteiger partial charge in [-0.1, -0.05) is 49.4 Å². The molecule has 0 saturated carbocycles. The van der Waals surface area contributed by atoms with Crippen LogP contribution in [0.3, 0.4) is 0 Å². The molecule has 4 aromatic rings. The van der Waals surface area contributed by atoms with Crippen LogP contribution < -0.4 is 20.7 Å². The normalized spacial score (nSPS) is 11.8. The topological polar surface area (TPSA) is 109 Å². The molecule has 3 amide bonds. The number of ether oxygens (including phenoxy) is 1. The van der Waals surface area contributed by atoms with Crippen LogP contribution in [0.1, 0.15) is 36.2 Å². The largest absolute Gasteiger partial charge is 0.493 e. The number of hydrogen-bond donors (Lipinski definition) is 3. The molecule has 4 rings (SSSR count). The Hall–Kier alpha value is -4.41. The molecule has 0 spiro atoms. The lowest BCUT2D eigenvalue weighted by molar-refractivity contribution is -0.116. The quantitative estimate of drug-likeness (QED) is 0.130. The number of benzene rings is 3. The zero-order valence-electron chi connectivity index (χ0n) is 22.6. The van der Waals surface area contributed by atoms with Crippen molar-refractivity contribution in [3.8, 4) is 5.75 Å². The van der Waals surface area contributed by atoms with Gasteiger partial charge in [0.05, 0.1) is 11.9 Å². The number of nitrogens with zero attached hydrogens (tertiary/aromatic N) is 1. The summed E-state index contributed by atoms with van der Waals surface area (Å²) in [4.78, 5) is 44.2. The van der Waals surface area contributed by atoms with Gasteiger partial charge in [-0.2, -0.15) is 0 Å². The number of hydrogen-bond acceptors (Lipinski definition) is 7. The fourth-order valence-corrected chi connectivity index (χ4v) is 5.33. The molecule has 3 N–H and O–H groups in total. The van der Waals surface area contributed by atoms with Crippen molar-refractivity contribution >= 4 is 57.7 Å². The van der Waals surface area contributed by atoms with Gasteiger partial charge in [-0.25, -0.2) is 4.98 Å². The highest BCUT2D eigenvalue weighted by Gasteiger charge is 2.20. The summed E-state index contributed by atoms with van der Waals surface area (Å²) in [6, 6.07) is 23.2. The average Bonchev–Trinajstić information content (AvgIpc) is 3.50. The van der Waals surface area contributed by atoms with E-state index in [2.05, 4.69) is 20.9 Å². The van der Waals surface area contributed by atoms with Crippen LogP contribution in [0.15, 0.2) is 101 Å². The summed E-state index contributed by atoms with van der Waals surface area (Å²) in [6.45, 7) is 4.27. The minimum Gasteiger partial charge on any atom is -0.493 e. The van der Waals surface area contributed by atoms with Crippen molar-refractivity contribution in [1.29, 1.82) is 0 Å². The van der Waals surface area contributed by atoms with Crippen molar-refractivity contribution in [1.82, 2.24) is 10.3 Å². The monoisotopic (exact) mass is 586 g/mol. The second-order valence-corrected chi connectivity index (χ2v) is 10.8. The summed E-state index contributed by atoms with van der Waals surface area (Å²) in [6.07, 6.45) is 3.84. The van der Waals surface area contributed by atoms with E-state index in [1.165, 1.54) is 23.1 Å². The van der Waals surface area contributed by atoms with Gasteiger partial charge in [0.1, 0.15) is 11.4 Å². The van der Waals surface area contributed by atoms with Crippen LogP contribution in [-0.2, 0) is 9.59 Å². The fraction of sp³-hybridized carbons (Fsp3) is 0.161. The Balaban J connectivity index is 1.54. The van der Waals surface area contributed by atoms with E-state index in [1.807, 2.05) is 44.2 Å². The summed E-state index contributed by atoms with van der Waals surface area (Å²) in [5.74, 6) is -0.462. The highest BCUT2D eigenvalue weighted by atomic mass is 32.2. The summed E-state index contributed by atoms with van der Waals surface area (Å²) in [7, 11) is 0. The van der Waals surface area contributed by atoms with Crippen LogP contribution in [-0.4, -0.2) is 34.6 Å². The van der Waals surface area contributed by atoms with Gasteiger partial charge in [0.15, 0.2) is 5.13 Å². The Labute approximate surface area is 247 Å². The number of para-hydroxylation sites is 1. The van der Waals surface area contributed by atoms with E-state index in [0.29, 0.717) is 40.7 Å². The number of thiazole rings is 1. The van der Waals surface area contributed by atoms with Gasteiger partial charge >= 0.3 is 0 Å². The molecule has 8 nitrogen and oxygen atoms in total. The molecule has 1 aromatic heterocycles. The third kappa shape index (κ3) is 8.54. The minimum atomic E-state index is -0.503. The molecular weight excluding hydrogens is 556 g/mol. The molecule has 41 heavy (non-hydrogen) atoms. The molecular formula is C31H30N4O4S2. The molecule has 1 unspecified atom stereocenters. The molecule has 0 aliphatic rings. The smallest absolute Gasteiger partial charge is 0.272 e. The lowest BCUT2D eigenvalue weighted by Gasteiger charge is -2.15. The zero-order chi connectivity index (χ0) is 29.0. The van der Waals surface area contributed by atoms with Crippen molar-refractivity contribution in [3.63, 3.8) is 0 Å². The molecule has 0 radical (unpaired) electrons. The maximum absolute atomic E-state index is 13.5. The van der Waals surface area contributed by atoms with E-state index in [1.54, 1.807) is 66.2 Å². The third-order valence-corrected chi connectivity index (χ3v) is 7.79. The van der Waals surface area contributed by atoms with Crippen molar-refractivity contribution in [2.45, 2.75) is 30.4 Å². The van der Waals surface area contributed by atoms with E-state index in [9.17, 15) is 14.4 Å². The summed E-state index contributed by atoms with van der Waals surface area (Å²) < 4.78 is 5.71. The van der Waals surface area contributed by atoms with Crippen LogP contribution in [0.2, 0.25) is 0 Å². The Morgan fingerprint density at radius 1 is 0.976 bits per heavy atom. The van der Waals surface area contributed by atoms with E-state index >= 15 is 0 Å².